The van der Waals surface area contributed by atoms with Gasteiger partial charge in [0.25, 0.3) is 5.91 Å². The lowest BCUT2D eigenvalue weighted by Crippen LogP contribution is -2.35. The quantitative estimate of drug-likeness (QED) is 0.865. The Morgan fingerprint density at radius 2 is 1.92 bits per heavy atom. The van der Waals surface area contributed by atoms with Gasteiger partial charge in [-0.25, -0.2) is 4.98 Å². The van der Waals surface area contributed by atoms with Gasteiger partial charge in [-0.05, 0) is 38.7 Å². The van der Waals surface area contributed by atoms with E-state index in [-0.39, 0.29) is 17.9 Å². The van der Waals surface area contributed by atoms with Crippen molar-refractivity contribution >= 4 is 5.91 Å². The first-order valence-electron chi connectivity index (χ1n) is 8.38. The van der Waals surface area contributed by atoms with Crippen LogP contribution in [0, 0.1) is 18.3 Å². The van der Waals surface area contributed by atoms with Crippen molar-refractivity contribution in [2.24, 2.45) is 0 Å². The Morgan fingerprint density at radius 3 is 2.48 bits per heavy atom. The molecule has 3 rings (SSSR count). The molecule has 1 aliphatic rings. The van der Waals surface area contributed by atoms with Crippen LogP contribution in [0.1, 0.15) is 33.1 Å². The zero-order chi connectivity index (χ0) is 18.0. The zero-order valence-electron chi connectivity index (χ0n) is 14.8. The minimum atomic E-state index is -0.0292. The number of rotatable bonds is 3. The lowest BCUT2D eigenvalue weighted by atomic mass is 9.93. The number of amides is 1. The topological polar surface area (TPSA) is 60.2 Å². The molecular formula is C20H22N4O. The van der Waals surface area contributed by atoms with Gasteiger partial charge in [-0.1, -0.05) is 29.8 Å². The fourth-order valence-corrected chi connectivity index (χ4v) is 3.39. The fourth-order valence-electron chi connectivity index (χ4n) is 3.39. The molecule has 25 heavy (non-hydrogen) atoms. The summed E-state index contributed by atoms with van der Waals surface area (Å²) in [5.41, 5.74) is 3.35. The third kappa shape index (κ3) is 3.54. The molecule has 0 unspecified atom stereocenters. The third-order valence-corrected chi connectivity index (χ3v) is 4.87. The maximum atomic E-state index is 12.8. The van der Waals surface area contributed by atoms with Crippen molar-refractivity contribution in [3.8, 4) is 6.07 Å². The highest BCUT2D eigenvalue weighted by Gasteiger charge is 2.37. The first-order valence-corrected chi connectivity index (χ1v) is 8.38. The van der Waals surface area contributed by atoms with Gasteiger partial charge in [0.1, 0.15) is 11.8 Å². The summed E-state index contributed by atoms with van der Waals surface area (Å²) in [7, 11) is 4.12. The summed E-state index contributed by atoms with van der Waals surface area (Å²) >= 11 is 0. The summed E-state index contributed by atoms with van der Waals surface area (Å²) in [4.78, 5) is 20.9. The highest BCUT2D eigenvalue weighted by atomic mass is 16.2. The van der Waals surface area contributed by atoms with E-state index >= 15 is 0 Å². The summed E-state index contributed by atoms with van der Waals surface area (Å²) in [5, 5.41) is 8.84. The van der Waals surface area contributed by atoms with Gasteiger partial charge in [0.15, 0.2) is 0 Å². The van der Waals surface area contributed by atoms with E-state index in [1.165, 1.54) is 17.3 Å². The average molecular weight is 334 g/mol. The Kier molecular flexibility index (Phi) is 4.82. The molecule has 0 spiro atoms. The second-order valence-corrected chi connectivity index (χ2v) is 6.80. The lowest BCUT2D eigenvalue weighted by Gasteiger charge is -2.25. The maximum Gasteiger partial charge on any atom is 0.255 e. The van der Waals surface area contributed by atoms with E-state index < -0.39 is 0 Å². The predicted molar refractivity (Wildman–Crippen MR) is 96.3 cm³/mol. The van der Waals surface area contributed by atoms with Gasteiger partial charge in [-0.15, -0.1) is 0 Å². The van der Waals surface area contributed by atoms with E-state index in [1.54, 1.807) is 12.1 Å². The van der Waals surface area contributed by atoms with Gasteiger partial charge in [0.05, 0.1) is 5.56 Å². The number of likely N-dealkylation sites (tertiary alicyclic amines) is 1. The van der Waals surface area contributed by atoms with Crippen LogP contribution in [-0.4, -0.2) is 53.9 Å². The van der Waals surface area contributed by atoms with Gasteiger partial charge in [0.2, 0.25) is 0 Å². The number of hydrogen-bond acceptors (Lipinski definition) is 4. The number of carbonyl (C=O) groups excluding carboxylic acids is 1. The Balaban J connectivity index is 1.82. The molecule has 0 bridgehead atoms. The van der Waals surface area contributed by atoms with Crippen molar-refractivity contribution in [2.45, 2.75) is 18.9 Å². The Hall–Kier alpha value is -2.71. The molecule has 1 aromatic heterocycles. The maximum absolute atomic E-state index is 12.8. The van der Waals surface area contributed by atoms with Gasteiger partial charge < -0.3 is 9.80 Å². The first kappa shape index (κ1) is 17.1. The van der Waals surface area contributed by atoms with Gasteiger partial charge >= 0.3 is 0 Å². The third-order valence-electron chi connectivity index (χ3n) is 4.87. The van der Waals surface area contributed by atoms with Crippen molar-refractivity contribution in [1.29, 1.82) is 5.26 Å². The smallest absolute Gasteiger partial charge is 0.255 e. The molecule has 1 aromatic carbocycles. The van der Waals surface area contributed by atoms with Crippen LogP contribution in [-0.2, 0) is 0 Å². The minimum Gasteiger partial charge on any atom is -0.336 e. The van der Waals surface area contributed by atoms with Gasteiger partial charge in [-0.2, -0.15) is 5.26 Å². The molecule has 5 nitrogen and oxygen atoms in total. The molecule has 5 heteroatoms. The number of pyridine rings is 1. The first-order chi connectivity index (χ1) is 12.0. The van der Waals surface area contributed by atoms with Crippen LogP contribution >= 0.6 is 0 Å². The van der Waals surface area contributed by atoms with E-state index in [1.807, 2.05) is 11.0 Å². The SMILES string of the molecule is Cc1ccc([C@@H]2CN(C(=O)c3ccc(C#N)nc3)C[C@H]2N(C)C)cc1. The van der Waals surface area contributed by atoms with Crippen LogP contribution in [0.5, 0.6) is 0 Å². The van der Waals surface area contributed by atoms with Gasteiger partial charge in [-0.3, -0.25) is 4.79 Å². The number of hydrogen-bond donors (Lipinski definition) is 0. The summed E-state index contributed by atoms with van der Waals surface area (Å²) in [6.07, 6.45) is 1.49. The number of likely N-dealkylation sites (N-methyl/N-ethyl adjacent to an activating group) is 1. The van der Waals surface area contributed by atoms with Crippen LogP contribution < -0.4 is 0 Å². The predicted octanol–water partition coefficient (Wildman–Crippen LogP) is 2.43. The molecule has 0 aliphatic carbocycles. The van der Waals surface area contributed by atoms with Crippen LogP contribution in [0.25, 0.3) is 0 Å². The molecule has 128 valence electrons. The average Bonchev–Trinajstić information content (AvgIpc) is 3.07. The molecular weight excluding hydrogens is 312 g/mol. The largest absolute Gasteiger partial charge is 0.336 e. The number of carbonyl (C=O) groups is 1. The van der Waals surface area contributed by atoms with Crippen molar-refractivity contribution < 1.29 is 4.79 Å². The summed E-state index contributed by atoms with van der Waals surface area (Å²) < 4.78 is 0. The molecule has 2 atom stereocenters. The number of aryl methyl sites for hydroxylation is 1. The summed E-state index contributed by atoms with van der Waals surface area (Å²) in [6.45, 7) is 3.45. The van der Waals surface area contributed by atoms with E-state index in [4.69, 9.17) is 5.26 Å². The molecule has 0 N–H and O–H groups in total. The van der Waals surface area contributed by atoms with Gasteiger partial charge in [0, 0.05) is 31.2 Å². The normalized spacial score (nSPS) is 19.9. The highest BCUT2D eigenvalue weighted by Crippen LogP contribution is 2.31. The molecule has 0 radical (unpaired) electrons. The Labute approximate surface area is 148 Å². The molecule has 1 saturated heterocycles. The molecule has 2 heterocycles. The molecule has 1 aliphatic heterocycles. The highest BCUT2D eigenvalue weighted by molar-refractivity contribution is 5.94. The second-order valence-electron chi connectivity index (χ2n) is 6.80. The number of nitrogens with zero attached hydrogens (tertiary/aromatic N) is 4. The number of nitriles is 1. The molecule has 2 aromatic rings. The number of benzene rings is 1. The monoisotopic (exact) mass is 334 g/mol. The Bertz CT molecular complexity index is 790. The Morgan fingerprint density at radius 1 is 1.20 bits per heavy atom. The van der Waals surface area contributed by atoms with E-state index in [9.17, 15) is 4.79 Å². The molecule has 0 saturated carbocycles. The zero-order valence-corrected chi connectivity index (χ0v) is 14.8. The van der Waals surface area contributed by atoms with E-state index in [0.717, 1.165) is 0 Å². The minimum absolute atomic E-state index is 0.0292. The summed E-state index contributed by atoms with van der Waals surface area (Å²) in [5.74, 6) is 0.254. The van der Waals surface area contributed by atoms with Crippen LogP contribution in [0.3, 0.4) is 0 Å². The lowest BCUT2D eigenvalue weighted by molar-refractivity contribution is 0.0782. The van der Waals surface area contributed by atoms with E-state index in [0.29, 0.717) is 24.3 Å². The van der Waals surface area contributed by atoms with Crippen molar-refractivity contribution in [1.82, 2.24) is 14.8 Å². The fraction of sp³-hybridized carbons (Fsp3) is 0.350. The molecule has 1 amide bonds. The van der Waals surface area contributed by atoms with Crippen LogP contribution in [0.2, 0.25) is 0 Å². The van der Waals surface area contributed by atoms with E-state index in [2.05, 4.69) is 55.2 Å². The van der Waals surface area contributed by atoms with Crippen LogP contribution in [0.4, 0.5) is 0 Å². The van der Waals surface area contributed by atoms with Crippen molar-refractivity contribution in [3.63, 3.8) is 0 Å². The van der Waals surface area contributed by atoms with Crippen molar-refractivity contribution in [3.05, 3.63) is 65.0 Å². The standard InChI is InChI=1S/C20H22N4O/c1-14-4-6-15(7-5-14)18-12-24(13-19(18)23(2)3)20(25)16-8-9-17(10-21)22-11-16/h4-9,11,18-19H,12-13H2,1-3H3/t18-,19+/m0/s1. The molecule has 1 fully saturated rings. The second kappa shape index (κ2) is 7.04. The summed E-state index contributed by atoms with van der Waals surface area (Å²) in [6, 6.07) is 14.1. The van der Waals surface area contributed by atoms with Crippen LogP contribution in [0.15, 0.2) is 42.6 Å². The number of aromatic nitrogens is 1. The van der Waals surface area contributed by atoms with Crippen molar-refractivity contribution in [2.75, 3.05) is 27.2 Å².